The number of pyridine rings is 1. The van der Waals surface area contributed by atoms with Gasteiger partial charge in [-0.25, -0.2) is 9.78 Å². The summed E-state index contributed by atoms with van der Waals surface area (Å²) >= 11 is 6.07. The molecular formula is C17H12ClN3O2. The van der Waals surface area contributed by atoms with Crippen LogP contribution in [0.5, 0.6) is 0 Å². The molecule has 1 aromatic carbocycles. The standard InChI is InChI=1S/C17H12ClN3O2/c18-12-2-3-15-14(6-12)11(7-19-15)5-13-9-21-8-10(17(22)23)1-4-16(21)20-13/h1-4,6-9,19H,5H2,(H,22,23). The Bertz CT molecular complexity index is 1050. The first kappa shape index (κ1) is 13.8. The quantitative estimate of drug-likeness (QED) is 0.602. The lowest BCUT2D eigenvalue weighted by Crippen LogP contribution is -1.97. The number of nitrogens with zero attached hydrogens (tertiary/aromatic N) is 2. The van der Waals surface area contributed by atoms with E-state index in [1.807, 2.05) is 30.6 Å². The van der Waals surface area contributed by atoms with E-state index in [9.17, 15) is 4.79 Å². The van der Waals surface area contributed by atoms with E-state index in [2.05, 4.69) is 9.97 Å². The van der Waals surface area contributed by atoms with Gasteiger partial charge in [0, 0.05) is 40.9 Å². The van der Waals surface area contributed by atoms with Crippen LogP contribution in [-0.4, -0.2) is 25.4 Å². The first-order valence-corrected chi connectivity index (χ1v) is 7.44. The van der Waals surface area contributed by atoms with Crippen molar-refractivity contribution in [3.05, 3.63) is 70.8 Å². The van der Waals surface area contributed by atoms with Crippen LogP contribution >= 0.6 is 11.6 Å². The van der Waals surface area contributed by atoms with Crippen LogP contribution in [0.15, 0.2) is 48.9 Å². The van der Waals surface area contributed by atoms with Crippen molar-refractivity contribution in [2.45, 2.75) is 6.42 Å². The molecule has 0 aliphatic heterocycles. The molecular weight excluding hydrogens is 314 g/mol. The van der Waals surface area contributed by atoms with Crippen molar-refractivity contribution in [3.8, 4) is 0 Å². The molecule has 4 rings (SSSR count). The van der Waals surface area contributed by atoms with Gasteiger partial charge in [0.25, 0.3) is 0 Å². The Hall–Kier alpha value is -2.79. The van der Waals surface area contributed by atoms with Gasteiger partial charge >= 0.3 is 5.97 Å². The van der Waals surface area contributed by atoms with Gasteiger partial charge in [-0.3, -0.25) is 0 Å². The summed E-state index contributed by atoms with van der Waals surface area (Å²) in [5.41, 5.74) is 3.96. The van der Waals surface area contributed by atoms with Crippen molar-refractivity contribution in [1.29, 1.82) is 0 Å². The van der Waals surface area contributed by atoms with E-state index >= 15 is 0 Å². The highest BCUT2D eigenvalue weighted by molar-refractivity contribution is 6.31. The Kier molecular flexibility index (Phi) is 3.09. The van der Waals surface area contributed by atoms with E-state index in [1.54, 1.807) is 22.7 Å². The molecule has 2 N–H and O–H groups in total. The van der Waals surface area contributed by atoms with Crippen molar-refractivity contribution in [2.75, 3.05) is 0 Å². The lowest BCUT2D eigenvalue weighted by molar-refractivity contribution is 0.0696. The predicted octanol–water partition coefficient (Wildman–Crippen LogP) is 3.76. The average molecular weight is 326 g/mol. The molecule has 5 nitrogen and oxygen atoms in total. The fraction of sp³-hybridized carbons (Fsp3) is 0.0588. The topological polar surface area (TPSA) is 70.4 Å². The number of rotatable bonds is 3. The number of aromatic amines is 1. The number of carboxylic acid groups (broad SMARTS) is 1. The molecule has 0 bridgehead atoms. The summed E-state index contributed by atoms with van der Waals surface area (Å²) in [6.45, 7) is 0. The summed E-state index contributed by atoms with van der Waals surface area (Å²) in [7, 11) is 0. The van der Waals surface area contributed by atoms with Gasteiger partial charge in [0.1, 0.15) is 5.65 Å². The molecule has 4 aromatic rings. The summed E-state index contributed by atoms with van der Waals surface area (Å²) in [6, 6.07) is 8.99. The van der Waals surface area contributed by atoms with Crippen LogP contribution in [0.2, 0.25) is 5.02 Å². The lowest BCUT2D eigenvalue weighted by atomic mass is 10.1. The highest BCUT2D eigenvalue weighted by atomic mass is 35.5. The fourth-order valence-corrected chi connectivity index (χ4v) is 2.92. The molecule has 23 heavy (non-hydrogen) atoms. The number of carboxylic acids is 1. The zero-order valence-corrected chi connectivity index (χ0v) is 12.7. The highest BCUT2D eigenvalue weighted by Gasteiger charge is 2.10. The first-order chi connectivity index (χ1) is 11.1. The van der Waals surface area contributed by atoms with Gasteiger partial charge < -0.3 is 14.5 Å². The maximum atomic E-state index is 11.0. The van der Waals surface area contributed by atoms with Gasteiger partial charge in [-0.1, -0.05) is 11.6 Å². The second-order valence-electron chi connectivity index (χ2n) is 5.40. The molecule has 0 aliphatic carbocycles. The summed E-state index contributed by atoms with van der Waals surface area (Å²) in [5, 5.41) is 10.8. The number of hydrogen-bond acceptors (Lipinski definition) is 2. The molecule has 0 amide bonds. The number of carbonyl (C=O) groups is 1. The van der Waals surface area contributed by atoms with E-state index in [0.717, 1.165) is 27.8 Å². The summed E-state index contributed by atoms with van der Waals surface area (Å²) in [5.74, 6) is -0.951. The molecule has 0 saturated carbocycles. The minimum atomic E-state index is -0.951. The van der Waals surface area contributed by atoms with Crippen LogP contribution < -0.4 is 0 Å². The number of nitrogens with one attached hydrogen (secondary N) is 1. The molecule has 3 heterocycles. The molecule has 114 valence electrons. The van der Waals surface area contributed by atoms with Crippen molar-refractivity contribution in [2.24, 2.45) is 0 Å². The smallest absolute Gasteiger partial charge is 0.337 e. The number of fused-ring (bicyclic) bond motifs is 2. The number of aromatic carboxylic acids is 1. The van der Waals surface area contributed by atoms with Gasteiger partial charge in [0.15, 0.2) is 0 Å². The monoisotopic (exact) mass is 325 g/mol. The Balaban J connectivity index is 1.74. The SMILES string of the molecule is O=C(O)c1ccc2nc(Cc3c[nH]c4ccc(Cl)cc34)cn2c1. The number of imidazole rings is 1. The number of halogens is 1. The highest BCUT2D eigenvalue weighted by Crippen LogP contribution is 2.24. The fourth-order valence-electron chi connectivity index (χ4n) is 2.75. The molecule has 0 fully saturated rings. The molecule has 0 saturated heterocycles. The molecule has 3 aromatic heterocycles. The summed E-state index contributed by atoms with van der Waals surface area (Å²) < 4.78 is 1.74. The Labute approximate surface area is 136 Å². The number of H-pyrrole nitrogens is 1. The van der Waals surface area contributed by atoms with Gasteiger partial charge in [0.05, 0.1) is 11.3 Å². The maximum Gasteiger partial charge on any atom is 0.337 e. The summed E-state index contributed by atoms with van der Waals surface area (Å²) in [6.07, 6.45) is 6.02. The number of aromatic nitrogens is 3. The third-order valence-corrected chi connectivity index (χ3v) is 4.08. The van der Waals surface area contributed by atoms with Crippen LogP contribution in [0.25, 0.3) is 16.6 Å². The molecule has 0 aliphatic rings. The molecule has 0 unspecified atom stereocenters. The predicted molar refractivity (Wildman–Crippen MR) is 88.3 cm³/mol. The van der Waals surface area contributed by atoms with E-state index < -0.39 is 5.97 Å². The number of hydrogen-bond donors (Lipinski definition) is 2. The molecule has 6 heteroatoms. The van der Waals surface area contributed by atoms with E-state index in [4.69, 9.17) is 16.7 Å². The summed E-state index contributed by atoms with van der Waals surface area (Å²) in [4.78, 5) is 18.8. The average Bonchev–Trinajstić information content (AvgIpc) is 3.10. The normalized spacial score (nSPS) is 11.3. The second-order valence-corrected chi connectivity index (χ2v) is 5.84. The Morgan fingerprint density at radius 3 is 2.96 bits per heavy atom. The van der Waals surface area contributed by atoms with Crippen LogP contribution in [0.3, 0.4) is 0 Å². The molecule has 0 radical (unpaired) electrons. The van der Waals surface area contributed by atoms with Gasteiger partial charge in [-0.15, -0.1) is 0 Å². The van der Waals surface area contributed by atoms with E-state index in [-0.39, 0.29) is 5.56 Å². The van der Waals surface area contributed by atoms with Gasteiger partial charge in [-0.2, -0.15) is 0 Å². The van der Waals surface area contributed by atoms with Crippen molar-refractivity contribution in [1.82, 2.24) is 14.4 Å². The van der Waals surface area contributed by atoms with Crippen LogP contribution in [0, 0.1) is 0 Å². The van der Waals surface area contributed by atoms with Crippen molar-refractivity contribution < 1.29 is 9.90 Å². The molecule has 0 atom stereocenters. The largest absolute Gasteiger partial charge is 0.478 e. The minimum absolute atomic E-state index is 0.236. The lowest BCUT2D eigenvalue weighted by Gasteiger charge is -1.97. The van der Waals surface area contributed by atoms with Crippen molar-refractivity contribution >= 4 is 34.1 Å². The Morgan fingerprint density at radius 1 is 1.26 bits per heavy atom. The zero-order chi connectivity index (χ0) is 16.0. The minimum Gasteiger partial charge on any atom is -0.478 e. The maximum absolute atomic E-state index is 11.0. The Morgan fingerprint density at radius 2 is 2.13 bits per heavy atom. The van der Waals surface area contributed by atoms with Gasteiger partial charge in [-0.05, 0) is 35.9 Å². The zero-order valence-electron chi connectivity index (χ0n) is 12.0. The van der Waals surface area contributed by atoms with Crippen LogP contribution in [0.4, 0.5) is 0 Å². The molecule has 0 spiro atoms. The number of benzene rings is 1. The van der Waals surface area contributed by atoms with E-state index in [1.165, 1.54) is 0 Å². The second kappa shape index (κ2) is 5.14. The van der Waals surface area contributed by atoms with Crippen LogP contribution in [-0.2, 0) is 6.42 Å². The third kappa shape index (κ3) is 2.45. The van der Waals surface area contributed by atoms with Crippen LogP contribution in [0.1, 0.15) is 21.6 Å². The van der Waals surface area contributed by atoms with E-state index in [0.29, 0.717) is 11.4 Å². The van der Waals surface area contributed by atoms with Gasteiger partial charge in [0.2, 0.25) is 0 Å². The third-order valence-electron chi connectivity index (χ3n) is 3.85. The van der Waals surface area contributed by atoms with Crippen molar-refractivity contribution in [3.63, 3.8) is 0 Å². The first-order valence-electron chi connectivity index (χ1n) is 7.06.